The van der Waals surface area contributed by atoms with Gasteiger partial charge in [-0.2, -0.15) is 0 Å². The van der Waals surface area contributed by atoms with Crippen molar-refractivity contribution in [1.29, 1.82) is 0 Å². The molecule has 0 unspecified atom stereocenters. The van der Waals surface area contributed by atoms with E-state index in [4.69, 9.17) is 0 Å². The molecule has 0 radical (unpaired) electrons. The topological polar surface area (TPSA) is 12.0 Å². The summed E-state index contributed by atoms with van der Waals surface area (Å²) >= 11 is 0. The van der Waals surface area contributed by atoms with Gasteiger partial charge in [0, 0.05) is 6.54 Å². The Labute approximate surface area is 135 Å². The van der Waals surface area contributed by atoms with Crippen molar-refractivity contribution >= 4 is 6.08 Å². The van der Waals surface area contributed by atoms with Crippen LogP contribution in [0.5, 0.6) is 0 Å². The van der Waals surface area contributed by atoms with E-state index in [9.17, 15) is 0 Å². The van der Waals surface area contributed by atoms with Gasteiger partial charge >= 0.3 is 0 Å². The summed E-state index contributed by atoms with van der Waals surface area (Å²) in [5, 5.41) is 3.52. The van der Waals surface area contributed by atoms with Crippen molar-refractivity contribution in [2.24, 2.45) is 11.8 Å². The van der Waals surface area contributed by atoms with Crippen molar-refractivity contribution in [2.75, 3.05) is 13.1 Å². The van der Waals surface area contributed by atoms with Crippen molar-refractivity contribution in [3.8, 4) is 0 Å². The van der Waals surface area contributed by atoms with Crippen LogP contribution in [0.3, 0.4) is 0 Å². The van der Waals surface area contributed by atoms with Crippen LogP contribution in [0.4, 0.5) is 0 Å². The second kappa shape index (κ2) is 9.42. The highest BCUT2D eigenvalue weighted by Gasteiger charge is 2.23. The van der Waals surface area contributed by atoms with E-state index in [0.29, 0.717) is 5.92 Å². The molecule has 1 heterocycles. The van der Waals surface area contributed by atoms with Gasteiger partial charge in [0.05, 0.1) is 0 Å². The Bertz CT molecular complexity index is 510. The number of rotatable bonds is 7. The fraction of sp³-hybridized carbons (Fsp3) is 0.429. The van der Waals surface area contributed by atoms with E-state index < -0.39 is 0 Å². The summed E-state index contributed by atoms with van der Waals surface area (Å²) in [6, 6.07) is 10.6. The van der Waals surface area contributed by atoms with Gasteiger partial charge in [0.1, 0.15) is 0 Å². The molecule has 1 aliphatic rings. The molecule has 1 fully saturated rings. The van der Waals surface area contributed by atoms with E-state index in [1.807, 2.05) is 0 Å². The van der Waals surface area contributed by atoms with Gasteiger partial charge in [-0.05, 0) is 50.1 Å². The molecule has 1 nitrogen and oxygen atoms in total. The number of hydrogen-bond donors (Lipinski definition) is 1. The molecule has 0 aromatic heterocycles. The lowest BCUT2D eigenvalue weighted by Crippen LogP contribution is -2.09. The normalized spacial score (nSPS) is 22.9. The van der Waals surface area contributed by atoms with Gasteiger partial charge in [-0.15, -0.1) is 0 Å². The third kappa shape index (κ3) is 5.31. The summed E-state index contributed by atoms with van der Waals surface area (Å²) in [6.45, 7) is 6.63. The number of allylic oxidation sites excluding steroid dienone is 4. The molecule has 1 aromatic rings. The van der Waals surface area contributed by atoms with E-state index in [0.717, 1.165) is 31.8 Å². The molecule has 0 amide bonds. The Kier molecular flexibility index (Phi) is 7.18. The maximum absolute atomic E-state index is 3.52. The van der Waals surface area contributed by atoms with Gasteiger partial charge in [-0.25, -0.2) is 0 Å². The lowest BCUT2D eigenvalue weighted by atomic mass is 9.92. The minimum atomic E-state index is 0.686. The van der Waals surface area contributed by atoms with Crippen molar-refractivity contribution in [3.05, 3.63) is 65.8 Å². The summed E-state index contributed by atoms with van der Waals surface area (Å²) in [5.74, 6) is 1.45. The standard InChI is InChI=1S/C21H29N/c1-3-5-13-20-16-22-17-21(20)14-9-12-18(4-2)15-19-10-7-6-8-11-19/h3,5-11,14-15,20-22H,4,12-13,16-17H2,1-2H3/b5-3+,14-9+,18-15+/t20-,21-/m0/s1. The zero-order valence-electron chi connectivity index (χ0n) is 14.0. The van der Waals surface area contributed by atoms with E-state index >= 15 is 0 Å². The molecule has 1 N–H and O–H groups in total. The molecule has 0 spiro atoms. The summed E-state index contributed by atoms with van der Waals surface area (Å²) in [7, 11) is 0. The summed E-state index contributed by atoms with van der Waals surface area (Å²) in [6.07, 6.45) is 15.0. The van der Waals surface area contributed by atoms with Gasteiger partial charge in [0.25, 0.3) is 0 Å². The molecular weight excluding hydrogens is 266 g/mol. The van der Waals surface area contributed by atoms with Crippen LogP contribution in [-0.4, -0.2) is 13.1 Å². The Morgan fingerprint density at radius 1 is 1.18 bits per heavy atom. The molecule has 22 heavy (non-hydrogen) atoms. The van der Waals surface area contributed by atoms with Crippen LogP contribution < -0.4 is 5.32 Å². The molecule has 2 atom stereocenters. The van der Waals surface area contributed by atoms with Crippen LogP contribution >= 0.6 is 0 Å². The lowest BCUT2D eigenvalue weighted by Gasteiger charge is -2.12. The molecular formula is C21H29N. The van der Waals surface area contributed by atoms with Crippen molar-refractivity contribution in [2.45, 2.75) is 33.1 Å². The largest absolute Gasteiger partial charge is 0.316 e. The minimum Gasteiger partial charge on any atom is -0.316 e. The second-order valence-electron chi connectivity index (χ2n) is 6.09. The van der Waals surface area contributed by atoms with Crippen molar-refractivity contribution in [3.63, 3.8) is 0 Å². The Hall–Kier alpha value is -1.60. The van der Waals surface area contributed by atoms with Crippen LogP contribution in [0.15, 0.2) is 60.2 Å². The fourth-order valence-corrected chi connectivity index (χ4v) is 3.03. The molecule has 1 aliphatic heterocycles. The molecule has 0 saturated carbocycles. The van der Waals surface area contributed by atoms with E-state index in [1.54, 1.807) is 0 Å². The number of benzene rings is 1. The molecule has 1 saturated heterocycles. The zero-order chi connectivity index (χ0) is 15.6. The SMILES string of the molecule is C/C=C/C[C@H]1CNC[C@@H]1/C=C/C/C(=C/c1ccccc1)CC. The van der Waals surface area contributed by atoms with Crippen molar-refractivity contribution in [1.82, 2.24) is 5.32 Å². The minimum absolute atomic E-state index is 0.686. The smallest absolute Gasteiger partial charge is 0.00175 e. The number of hydrogen-bond acceptors (Lipinski definition) is 1. The van der Waals surface area contributed by atoms with Crippen LogP contribution in [0, 0.1) is 11.8 Å². The third-order valence-corrected chi connectivity index (χ3v) is 4.45. The van der Waals surface area contributed by atoms with Crippen molar-refractivity contribution < 1.29 is 0 Å². The molecule has 1 heteroatoms. The Balaban J connectivity index is 1.91. The molecule has 1 aromatic carbocycles. The molecule has 118 valence electrons. The summed E-state index contributed by atoms with van der Waals surface area (Å²) in [4.78, 5) is 0. The highest BCUT2D eigenvalue weighted by molar-refractivity contribution is 5.52. The van der Waals surface area contributed by atoms with Gasteiger partial charge in [0.15, 0.2) is 0 Å². The first-order valence-electron chi connectivity index (χ1n) is 8.56. The predicted octanol–water partition coefficient (Wildman–Crippen LogP) is 5.23. The van der Waals surface area contributed by atoms with Crippen LogP contribution in [0.2, 0.25) is 0 Å². The van der Waals surface area contributed by atoms with Gasteiger partial charge < -0.3 is 5.32 Å². The van der Waals surface area contributed by atoms with E-state index in [2.05, 4.69) is 79.9 Å². The molecule has 2 rings (SSSR count). The summed E-state index contributed by atoms with van der Waals surface area (Å²) in [5.41, 5.74) is 2.81. The average molecular weight is 295 g/mol. The van der Waals surface area contributed by atoms with Crippen LogP contribution in [-0.2, 0) is 0 Å². The van der Waals surface area contributed by atoms with Gasteiger partial charge in [-0.3, -0.25) is 0 Å². The second-order valence-corrected chi connectivity index (χ2v) is 6.09. The van der Waals surface area contributed by atoms with Crippen LogP contribution in [0.25, 0.3) is 6.08 Å². The first kappa shape index (κ1) is 16.8. The Morgan fingerprint density at radius 3 is 2.73 bits per heavy atom. The predicted molar refractivity (Wildman–Crippen MR) is 97.7 cm³/mol. The maximum Gasteiger partial charge on any atom is 0.00175 e. The first-order chi connectivity index (χ1) is 10.8. The third-order valence-electron chi connectivity index (χ3n) is 4.45. The monoisotopic (exact) mass is 295 g/mol. The number of nitrogens with one attached hydrogen (secondary N) is 1. The average Bonchev–Trinajstić information content (AvgIpc) is 3.00. The lowest BCUT2D eigenvalue weighted by molar-refractivity contribution is 0.499. The van der Waals surface area contributed by atoms with Gasteiger partial charge in [-0.1, -0.05) is 73.2 Å². The highest BCUT2D eigenvalue weighted by Crippen LogP contribution is 2.23. The first-order valence-corrected chi connectivity index (χ1v) is 8.56. The zero-order valence-corrected chi connectivity index (χ0v) is 14.0. The quantitative estimate of drug-likeness (QED) is 0.679. The van der Waals surface area contributed by atoms with Crippen LogP contribution in [0.1, 0.15) is 38.7 Å². The van der Waals surface area contributed by atoms with E-state index in [-0.39, 0.29) is 0 Å². The summed E-state index contributed by atoms with van der Waals surface area (Å²) < 4.78 is 0. The molecule has 0 aliphatic carbocycles. The fourth-order valence-electron chi connectivity index (χ4n) is 3.03. The Morgan fingerprint density at radius 2 is 2.00 bits per heavy atom. The maximum atomic E-state index is 3.52. The van der Waals surface area contributed by atoms with Gasteiger partial charge in [0.2, 0.25) is 0 Å². The van der Waals surface area contributed by atoms with E-state index in [1.165, 1.54) is 17.6 Å². The highest BCUT2D eigenvalue weighted by atomic mass is 14.9. The molecule has 0 bridgehead atoms.